The highest BCUT2D eigenvalue weighted by Gasteiger charge is 2.16. The topological polar surface area (TPSA) is 35.6 Å². The van der Waals surface area contributed by atoms with Crippen molar-refractivity contribution in [2.24, 2.45) is 0 Å². The van der Waals surface area contributed by atoms with E-state index in [-0.39, 0.29) is 0 Å². The van der Waals surface area contributed by atoms with Crippen LogP contribution in [-0.4, -0.2) is 19.1 Å². The maximum atomic E-state index is 5.34. The number of aryl methyl sites for hydroxylation is 2. The van der Waals surface area contributed by atoms with Gasteiger partial charge in [-0.3, -0.25) is 0 Å². The molecule has 0 aliphatic heterocycles. The zero-order valence-corrected chi connectivity index (χ0v) is 30.0. The Morgan fingerprint density at radius 1 is 0.333 bits per heavy atom. The Morgan fingerprint density at radius 2 is 0.648 bits per heavy atom. The average Bonchev–Trinajstić information content (AvgIpc) is 3.74. The summed E-state index contributed by atoms with van der Waals surface area (Å²) in [5.41, 5.74) is 15.4. The standard InChI is InChI=1S/C50H34N4/c1-31-29-43(33-19-23-35(24-20-33)53-45-15-7-3-11-39(45)40-12-4-8-16-46(40)53)51-49-37(31)27-28-38-32(2)30-44(52-50(38)49)34-21-25-36(26-22-34)54-47-17-9-5-13-41(47)42-14-6-10-18-48(42)54/h3-30H,1-2H3. The van der Waals surface area contributed by atoms with Crippen LogP contribution in [0, 0.1) is 13.8 Å². The van der Waals surface area contributed by atoms with Crippen molar-refractivity contribution >= 4 is 65.4 Å². The van der Waals surface area contributed by atoms with Gasteiger partial charge in [0.15, 0.2) is 0 Å². The van der Waals surface area contributed by atoms with Crippen LogP contribution in [0.4, 0.5) is 0 Å². The number of benzene rings is 7. The molecule has 11 rings (SSSR count). The summed E-state index contributed by atoms with van der Waals surface area (Å²) in [7, 11) is 0. The molecule has 54 heavy (non-hydrogen) atoms. The first kappa shape index (κ1) is 30.6. The van der Waals surface area contributed by atoms with E-state index >= 15 is 0 Å². The quantitative estimate of drug-likeness (QED) is 0.172. The van der Waals surface area contributed by atoms with Crippen molar-refractivity contribution in [2.45, 2.75) is 13.8 Å². The number of aromatic nitrogens is 4. The van der Waals surface area contributed by atoms with Crippen LogP contribution in [-0.2, 0) is 0 Å². The first-order chi connectivity index (χ1) is 26.6. The summed E-state index contributed by atoms with van der Waals surface area (Å²) in [5.74, 6) is 0. The predicted octanol–water partition coefficient (Wildman–Crippen LogP) is 12.9. The lowest BCUT2D eigenvalue weighted by atomic mass is 10.00. The van der Waals surface area contributed by atoms with Gasteiger partial charge in [-0.2, -0.15) is 0 Å². The second-order valence-corrected chi connectivity index (χ2v) is 14.3. The molecule has 0 saturated heterocycles. The first-order valence-corrected chi connectivity index (χ1v) is 18.5. The smallest absolute Gasteiger partial charge is 0.0975 e. The molecular weight excluding hydrogens is 657 g/mol. The molecule has 11 aromatic rings. The van der Waals surface area contributed by atoms with Crippen LogP contribution in [0.5, 0.6) is 0 Å². The van der Waals surface area contributed by atoms with Gasteiger partial charge in [-0.15, -0.1) is 0 Å². The minimum atomic E-state index is 0.931. The lowest BCUT2D eigenvalue weighted by molar-refractivity contribution is 1.18. The molecule has 0 amide bonds. The third-order valence-electron chi connectivity index (χ3n) is 11.2. The minimum Gasteiger partial charge on any atom is -0.309 e. The monoisotopic (exact) mass is 690 g/mol. The van der Waals surface area contributed by atoms with Crippen molar-refractivity contribution in [1.82, 2.24) is 19.1 Å². The van der Waals surface area contributed by atoms with Crippen LogP contribution in [0.1, 0.15) is 11.1 Å². The van der Waals surface area contributed by atoms with Crippen molar-refractivity contribution in [3.8, 4) is 33.9 Å². The van der Waals surface area contributed by atoms with E-state index in [0.29, 0.717) is 0 Å². The molecule has 0 bridgehead atoms. The van der Waals surface area contributed by atoms with E-state index in [1.165, 1.54) is 54.7 Å². The molecule has 0 fully saturated rings. The Balaban J connectivity index is 1.00. The zero-order chi connectivity index (χ0) is 35.9. The van der Waals surface area contributed by atoms with Crippen LogP contribution in [0.3, 0.4) is 0 Å². The molecule has 0 saturated carbocycles. The third kappa shape index (κ3) is 4.56. The fraction of sp³-hybridized carbons (Fsp3) is 0.0400. The van der Waals surface area contributed by atoms with Crippen molar-refractivity contribution in [1.29, 1.82) is 0 Å². The van der Waals surface area contributed by atoms with Crippen LogP contribution in [0.25, 0.3) is 99.3 Å². The number of fused-ring (bicyclic) bond motifs is 9. The lowest BCUT2D eigenvalue weighted by Gasteiger charge is -2.13. The van der Waals surface area contributed by atoms with E-state index < -0.39 is 0 Å². The van der Waals surface area contributed by atoms with Gasteiger partial charge in [0, 0.05) is 54.8 Å². The van der Waals surface area contributed by atoms with E-state index in [9.17, 15) is 0 Å². The summed E-state index contributed by atoms with van der Waals surface area (Å²) < 4.78 is 4.70. The van der Waals surface area contributed by atoms with E-state index in [2.05, 4.69) is 193 Å². The SMILES string of the molecule is Cc1cc(-c2ccc(-n3c4ccccc4c4ccccc43)cc2)nc2c1ccc1c(C)cc(-c3ccc(-n4c5ccccc5c5ccccc54)cc3)nc12. The first-order valence-electron chi connectivity index (χ1n) is 18.5. The molecular formula is C50H34N4. The molecule has 4 aromatic heterocycles. The highest BCUT2D eigenvalue weighted by atomic mass is 15.0. The van der Waals surface area contributed by atoms with Gasteiger partial charge in [-0.1, -0.05) is 109 Å². The van der Waals surface area contributed by atoms with Gasteiger partial charge in [0.2, 0.25) is 0 Å². The summed E-state index contributed by atoms with van der Waals surface area (Å²) in [5, 5.41) is 7.29. The third-order valence-corrected chi connectivity index (χ3v) is 11.2. The fourth-order valence-electron chi connectivity index (χ4n) is 8.57. The summed E-state index contributed by atoms with van der Waals surface area (Å²) in [4.78, 5) is 10.7. The van der Waals surface area contributed by atoms with Crippen molar-refractivity contribution in [2.75, 3.05) is 0 Å². The van der Waals surface area contributed by atoms with E-state index in [4.69, 9.17) is 9.97 Å². The van der Waals surface area contributed by atoms with Gasteiger partial charge in [0.05, 0.1) is 44.5 Å². The average molecular weight is 691 g/mol. The predicted molar refractivity (Wildman–Crippen MR) is 226 cm³/mol. The molecule has 0 N–H and O–H groups in total. The fourth-order valence-corrected chi connectivity index (χ4v) is 8.57. The minimum absolute atomic E-state index is 0.931. The molecule has 0 aliphatic rings. The number of hydrogen-bond donors (Lipinski definition) is 0. The summed E-state index contributed by atoms with van der Waals surface area (Å²) in [6.07, 6.45) is 0. The van der Waals surface area contributed by atoms with E-state index in [0.717, 1.165) is 55.7 Å². The van der Waals surface area contributed by atoms with Crippen LogP contribution >= 0.6 is 0 Å². The maximum Gasteiger partial charge on any atom is 0.0975 e. The van der Waals surface area contributed by atoms with E-state index in [1.54, 1.807) is 0 Å². The molecule has 0 spiro atoms. The summed E-state index contributed by atoms with van der Waals surface area (Å²) in [6.45, 7) is 4.35. The Hall–Kier alpha value is -7.04. The molecule has 0 aliphatic carbocycles. The molecule has 0 unspecified atom stereocenters. The maximum absolute atomic E-state index is 5.34. The molecule has 254 valence electrons. The van der Waals surface area contributed by atoms with E-state index in [1.807, 2.05) is 0 Å². The summed E-state index contributed by atoms with van der Waals surface area (Å²) >= 11 is 0. The Labute approximate surface area is 312 Å². The summed E-state index contributed by atoms with van der Waals surface area (Å²) in [6, 6.07) is 61.0. The van der Waals surface area contributed by atoms with Crippen LogP contribution < -0.4 is 0 Å². The van der Waals surface area contributed by atoms with Gasteiger partial charge in [0.1, 0.15) is 0 Å². The molecule has 7 aromatic carbocycles. The second-order valence-electron chi connectivity index (χ2n) is 14.3. The number of para-hydroxylation sites is 4. The van der Waals surface area contributed by atoms with Gasteiger partial charge < -0.3 is 9.13 Å². The Kier molecular flexibility index (Phi) is 6.65. The highest BCUT2D eigenvalue weighted by Crippen LogP contribution is 2.36. The molecule has 4 nitrogen and oxygen atoms in total. The van der Waals surface area contributed by atoms with Crippen molar-refractivity contribution < 1.29 is 0 Å². The zero-order valence-electron chi connectivity index (χ0n) is 30.0. The van der Waals surface area contributed by atoms with Crippen LogP contribution in [0.2, 0.25) is 0 Å². The molecule has 0 atom stereocenters. The van der Waals surface area contributed by atoms with Gasteiger partial charge >= 0.3 is 0 Å². The Morgan fingerprint density at radius 3 is 0.981 bits per heavy atom. The van der Waals surface area contributed by atoms with Gasteiger partial charge in [-0.05, 0) is 85.6 Å². The number of hydrogen-bond acceptors (Lipinski definition) is 2. The molecule has 4 heterocycles. The van der Waals surface area contributed by atoms with Crippen molar-refractivity contribution in [3.63, 3.8) is 0 Å². The molecule has 0 radical (unpaired) electrons. The van der Waals surface area contributed by atoms with Gasteiger partial charge in [-0.25, -0.2) is 9.97 Å². The number of pyridine rings is 2. The van der Waals surface area contributed by atoms with Gasteiger partial charge in [0.25, 0.3) is 0 Å². The lowest BCUT2D eigenvalue weighted by Crippen LogP contribution is -1.96. The largest absolute Gasteiger partial charge is 0.309 e. The van der Waals surface area contributed by atoms with Crippen LogP contribution in [0.15, 0.2) is 170 Å². The second kappa shape index (κ2) is 11.7. The number of rotatable bonds is 4. The Bertz CT molecular complexity index is 2950. The normalized spacial score (nSPS) is 11.9. The number of nitrogens with zero attached hydrogens (tertiary/aromatic N) is 4. The van der Waals surface area contributed by atoms with Crippen molar-refractivity contribution in [3.05, 3.63) is 181 Å². The highest BCUT2D eigenvalue weighted by molar-refractivity contribution is 6.10. The molecule has 4 heteroatoms.